The van der Waals surface area contributed by atoms with Crippen LogP contribution in [0.15, 0.2) is 29.4 Å². The average molecular weight is 305 g/mol. The topological polar surface area (TPSA) is 71.0 Å². The third kappa shape index (κ3) is 3.08. The van der Waals surface area contributed by atoms with Crippen molar-refractivity contribution in [3.63, 3.8) is 0 Å². The van der Waals surface area contributed by atoms with Gasteiger partial charge in [0.1, 0.15) is 11.8 Å². The fraction of sp³-hybridized carbons (Fsp3) is 0.400. The standard InChI is InChI=1S/C15H16FN3O3/c16-11-3-1-2-4-13(11)22-10-5-7-19(8-6-10)15(21)12-9-14(20)18-17-12/h1-4,10H,5-9H2,(H,18,20). The van der Waals surface area contributed by atoms with E-state index in [9.17, 15) is 14.0 Å². The fourth-order valence-electron chi connectivity index (χ4n) is 2.56. The van der Waals surface area contributed by atoms with Crippen LogP contribution >= 0.6 is 0 Å². The van der Waals surface area contributed by atoms with Crippen molar-refractivity contribution in [2.75, 3.05) is 13.1 Å². The molecule has 6 nitrogen and oxygen atoms in total. The molecule has 1 aromatic carbocycles. The first-order chi connectivity index (χ1) is 10.6. The van der Waals surface area contributed by atoms with E-state index in [1.165, 1.54) is 6.07 Å². The first-order valence-corrected chi connectivity index (χ1v) is 7.19. The summed E-state index contributed by atoms with van der Waals surface area (Å²) in [5, 5.41) is 3.74. The molecule has 7 heteroatoms. The highest BCUT2D eigenvalue weighted by molar-refractivity contribution is 6.43. The summed E-state index contributed by atoms with van der Waals surface area (Å²) in [5.41, 5.74) is 2.52. The molecule has 0 atom stereocenters. The average Bonchev–Trinajstić information content (AvgIpc) is 2.96. The summed E-state index contributed by atoms with van der Waals surface area (Å²) in [5.74, 6) is -0.628. The van der Waals surface area contributed by atoms with E-state index >= 15 is 0 Å². The zero-order valence-electron chi connectivity index (χ0n) is 11.9. The zero-order valence-corrected chi connectivity index (χ0v) is 11.9. The number of carbonyl (C=O) groups is 2. The Morgan fingerprint density at radius 1 is 1.32 bits per heavy atom. The van der Waals surface area contributed by atoms with Gasteiger partial charge in [0.25, 0.3) is 5.91 Å². The maximum Gasteiger partial charge on any atom is 0.270 e. The molecule has 0 aliphatic carbocycles. The number of hydrazone groups is 1. The number of likely N-dealkylation sites (tertiary alicyclic amines) is 1. The maximum atomic E-state index is 13.5. The first-order valence-electron chi connectivity index (χ1n) is 7.19. The summed E-state index contributed by atoms with van der Waals surface area (Å²) in [6, 6.07) is 6.29. The van der Waals surface area contributed by atoms with E-state index in [-0.39, 0.29) is 41.6 Å². The van der Waals surface area contributed by atoms with Crippen molar-refractivity contribution >= 4 is 17.5 Å². The molecule has 1 fully saturated rings. The van der Waals surface area contributed by atoms with Gasteiger partial charge in [-0.2, -0.15) is 5.10 Å². The summed E-state index contributed by atoms with van der Waals surface area (Å²) < 4.78 is 19.2. The molecule has 2 heterocycles. The number of hydrogen-bond donors (Lipinski definition) is 1. The normalized spacial score (nSPS) is 18.9. The minimum absolute atomic E-state index is 0.0322. The predicted molar refractivity (Wildman–Crippen MR) is 76.8 cm³/mol. The zero-order chi connectivity index (χ0) is 15.5. The lowest BCUT2D eigenvalue weighted by molar-refractivity contribution is -0.126. The molecule has 0 unspecified atom stereocenters. The third-order valence-corrected chi connectivity index (χ3v) is 3.75. The van der Waals surface area contributed by atoms with Crippen LogP contribution in [-0.4, -0.2) is 41.6 Å². The number of amides is 2. The van der Waals surface area contributed by atoms with Crippen LogP contribution in [0.4, 0.5) is 4.39 Å². The summed E-state index contributed by atoms with van der Waals surface area (Å²) in [7, 11) is 0. The second-order valence-electron chi connectivity index (χ2n) is 5.31. The predicted octanol–water partition coefficient (Wildman–Crippen LogP) is 1.07. The van der Waals surface area contributed by atoms with Crippen LogP contribution in [-0.2, 0) is 9.59 Å². The number of nitrogens with zero attached hydrogens (tertiary/aromatic N) is 2. The molecule has 0 bridgehead atoms. The van der Waals surface area contributed by atoms with Crippen molar-refractivity contribution in [1.82, 2.24) is 10.3 Å². The molecule has 0 aromatic heterocycles. The minimum atomic E-state index is -0.383. The summed E-state index contributed by atoms with van der Waals surface area (Å²) in [4.78, 5) is 24.9. The van der Waals surface area contributed by atoms with E-state index < -0.39 is 0 Å². The maximum absolute atomic E-state index is 13.5. The van der Waals surface area contributed by atoms with Gasteiger partial charge in [0.2, 0.25) is 5.91 Å². The lowest BCUT2D eigenvalue weighted by atomic mass is 10.1. The Morgan fingerprint density at radius 3 is 2.68 bits per heavy atom. The summed E-state index contributed by atoms with van der Waals surface area (Å²) in [6.07, 6.45) is 1.15. The van der Waals surface area contributed by atoms with E-state index in [1.807, 2.05) is 0 Å². The Balaban J connectivity index is 1.53. The molecule has 3 rings (SSSR count). The van der Waals surface area contributed by atoms with Crippen molar-refractivity contribution in [1.29, 1.82) is 0 Å². The molecule has 0 saturated carbocycles. The van der Waals surface area contributed by atoms with Crippen LogP contribution < -0.4 is 10.2 Å². The van der Waals surface area contributed by atoms with Crippen molar-refractivity contribution in [3.8, 4) is 5.75 Å². The Bertz CT molecular complexity index is 624. The van der Waals surface area contributed by atoms with Gasteiger partial charge in [-0.15, -0.1) is 0 Å². The minimum Gasteiger partial charge on any atom is -0.487 e. The van der Waals surface area contributed by atoms with Crippen molar-refractivity contribution in [2.45, 2.75) is 25.4 Å². The Hall–Kier alpha value is -2.44. The molecule has 1 saturated heterocycles. The van der Waals surface area contributed by atoms with E-state index in [1.54, 1.807) is 23.1 Å². The van der Waals surface area contributed by atoms with Crippen LogP contribution in [0, 0.1) is 5.82 Å². The van der Waals surface area contributed by atoms with E-state index in [0.717, 1.165) is 0 Å². The molecule has 0 radical (unpaired) electrons. The van der Waals surface area contributed by atoms with Crippen molar-refractivity contribution < 1.29 is 18.7 Å². The number of ether oxygens (including phenoxy) is 1. The molecule has 1 N–H and O–H groups in total. The van der Waals surface area contributed by atoms with Gasteiger partial charge in [0, 0.05) is 25.9 Å². The number of hydrogen-bond acceptors (Lipinski definition) is 4. The van der Waals surface area contributed by atoms with E-state index in [2.05, 4.69) is 10.5 Å². The molecule has 0 spiro atoms. The summed E-state index contributed by atoms with van der Waals surface area (Å²) >= 11 is 0. The number of para-hydroxylation sites is 1. The lowest BCUT2D eigenvalue weighted by Gasteiger charge is -2.32. The quantitative estimate of drug-likeness (QED) is 0.908. The van der Waals surface area contributed by atoms with Crippen LogP contribution in [0.2, 0.25) is 0 Å². The Kier molecular flexibility index (Phi) is 4.04. The van der Waals surface area contributed by atoms with Gasteiger partial charge in [-0.3, -0.25) is 9.59 Å². The van der Waals surface area contributed by atoms with Gasteiger partial charge < -0.3 is 9.64 Å². The van der Waals surface area contributed by atoms with Gasteiger partial charge in [-0.1, -0.05) is 12.1 Å². The molecular formula is C15H16FN3O3. The SMILES string of the molecule is O=C1CC(C(=O)N2CCC(Oc3ccccc3F)CC2)=NN1. The molecule has 2 aliphatic rings. The van der Waals surface area contributed by atoms with Gasteiger partial charge >= 0.3 is 0 Å². The van der Waals surface area contributed by atoms with Gasteiger partial charge in [0.05, 0.1) is 6.42 Å². The second-order valence-corrected chi connectivity index (χ2v) is 5.31. The smallest absolute Gasteiger partial charge is 0.270 e. The molecule has 1 aromatic rings. The van der Waals surface area contributed by atoms with Gasteiger partial charge in [0.15, 0.2) is 11.6 Å². The van der Waals surface area contributed by atoms with Crippen LogP contribution in [0.25, 0.3) is 0 Å². The highest BCUT2D eigenvalue weighted by Crippen LogP contribution is 2.22. The highest BCUT2D eigenvalue weighted by Gasteiger charge is 2.30. The van der Waals surface area contributed by atoms with Crippen molar-refractivity contribution in [3.05, 3.63) is 30.1 Å². The number of halogens is 1. The van der Waals surface area contributed by atoms with Crippen molar-refractivity contribution in [2.24, 2.45) is 5.10 Å². The van der Waals surface area contributed by atoms with E-state index in [0.29, 0.717) is 25.9 Å². The number of benzene rings is 1. The Labute approximate surface area is 126 Å². The number of nitrogens with one attached hydrogen (secondary N) is 1. The molecule has 2 aliphatic heterocycles. The molecule has 2 amide bonds. The third-order valence-electron chi connectivity index (χ3n) is 3.75. The van der Waals surface area contributed by atoms with Crippen LogP contribution in [0.1, 0.15) is 19.3 Å². The Morgan fingerprint density at radius 2 is 2.05 bits per heavy atom. The second kappa shape index (κ2) is 6.13. The highest BCUT2D eigenvalue weighted by atomic mass is 19.1. The number of carbonyl (C=O) groups excluding carboxylic acids is 2. The largest absolute Gasteiger partial charge is 0.487 e. The molecule has 22 heavy (non-hydrogen) atoms. The van der Waals surface area contributed by atoms with Gasteiger partial charge in [-0.05, 0) is 12.1 Å². The van der Waals surface area contributed by atoms with Crippen LogP contribution in [0.3, 0.4) is 0 Å². The summed E-state index contributed by atoms with van der Waals surface area (Å²) in [6.45, 7) is 1.01. The monoisotopic (exact) mass is 305 g/mol. The van der Waals surface area contributed by atoms with Gasteiger partial charge in [-0.25, -0.2) is 9.82 Å². The van der Waals surface area contributed by atoms with Crippen LogP contribution in [0.5, 0.6) is 5.75 Å². The fourth-order valence-corrected chi connectivity index (χ4v) is 2.56. The lowest BCUT2D eigenvalue weighted by Crippen LogP contribution is -2.44. The number of rotatable bonds is 3. The van der Waals surface area contributed by atoms with E-state index in [4.69, 9.17) is 4.74 Å². The molecule has 116 valence electrons. The number of piperidine rings is 1. The first kappa shape index (κ1) is 14.5. The molecular weight excluding hydrogens is 289 g/mol.